The van der Waals surface area contributed by atoms with E-state index in [1.54, 1.807) is 16.9 Å². The zero-order valence-corrected chi connectivity index (χ0v) is 23.9. The lowest BCUT2D eigenvalue weighted by molar-refractivity contribution is 0.0766. The second kappa shape index (κ2) is 11.2. The van der Waals surface area contributed by atoms with Crippen LogP contribution < -0.4 is 14.4 Å². The Labute approximate surface area is 245 Å². The quantitative estimate of drug-likeness (QED) is 0.266. The van der Waals surface area contributed by atoms with Crippen molar-refractivity contribution >= 4 is 17.5 Å². The van der Waals surface area contributed by atoms with Crippen LogP contribution in [-0.4, -0.2) is 40.0 Å². The van der Waals surface area contributed by atoms with Gasteiger partial charge in [-0.2, -0.15) is 0 Å². The van der Waals surface area contributed by atoms with Gasteiger partial charge in [0.25, 0.3) is 11.8 Å². The molecule has 1 aromatic heterocycles. The van der Waals surface area contributed by atoms with Crippen molar-refractivity contribution < 1.29 is 24.2 Å². The molecule has 42 heavy (non-hydrogen) atoms. The van der Waals surface area contributed by atoms with Gasteiger partial charge in [0.2, 0.25) is 5.88 Å². The molecule has 3 aromatic carbocycles. The van der Waals surface area contributed by atoms with E-state index in [9.17, 15) is 14.7 Å². The molecule has 3 heterocycles. The monoisotopic (exact) mass is 563 g/mol. The van der Waals surface area contributed by atoms with Crippen LogP contribution in [-0.2, 0) is 19.5 Å². The first kappa shape index (κ1) is 27.3. The SMILES string of the molecule is COc1ccc(N2C(=O)c3cc(CN4Cc5cnc(O)cc5C4=O)ccc3C2C)cc1OC(C)CCc1ccccc1. The number of pyridine rings is 1. The minimum Gasteiger partial charge on any atom is -0.493 e. The molecular formula is C34H33N3O5. The molecule has 8 heteroatoms. The number of anilines is 1. The molecule has 0 aliphatic carbocycles. The van der Waals surface area contributed by atoms with Crippen LogP contribution in [0.2, 0.25) is 0 Å². The standard InChI is InChI=1S/C34H33N3O5/c1-21(9-10-23-7-5-4-6-8-23)42-31-16-26(12-14-30(31)41-3)37-22(2)27-13-11-24(15-29(27)34(37)40)19-36-20-25-18-35-32(38)17-28(25)33(36)39/h4-8,11-18,21-22H,9-10,19-20H2,1-3H3,(H,35,38). The molecule has 2 unspecified atom stereocenters. The van der Waals surface area contributed by atoms with Crippen LogP contribution in [0.3, 0.4) is 0 Å². The second-order valence-corrected chi connectivity index (χ2v) is 10.9. The number of amides is 2. The Kier molecular flexibility index (Phi) is 7.29. The lowest BCUT2D eigenvalue weighted by Crippen LogP contribution is -2.26. The van der Waals surface area contributed by atoms with Crippen molar-refractivity contribution in [3.63, 3.8) is 0 Å². The van der Waals surface area contributed by atoms with Gasteiger partial charge in [-0.05, 0) is 61.6 Å². The number of aromatic nitrogens is 1. The van der Waals surface area contributed by atoms with Crippen molar-refractivity contribution in [3.05, 3.63) is 112 Å². The molecule has 214 valence electrons. The molecule has 4 aromatic rings. The average molecular weight is 564 g/mol. The summed E-state index contributed by atoms with van der Waals surface area (Å²) < 4.78 is 11.9. The molecule has 1 N–H and O–H groups in total. The van der Waals surface area contributed by atoms with E-state index >= 15 is 0 Å². The van der Waals surface area contributed by atoms with Gasteiger partial charge in [-0.3, -0.25) is 9.59 Å². The van der Waals surface area contributed by atoms with E-state index in [-0.39, 0.29) is 29.8 Å². The predicted octanol–water partition coefficient (Wildman–Crippen LogP) is 6.07. The molecule has 0 radical (unpaired) electrons. The van der Waals surface area contributed by atoms with Crippen molar-refractivity contribution in [3.8, 4) is 17.4 Å². The Hall–Kier alpha value is -4.85. The van der Waals surface area contributed by atoms with Gasteiger partial charge in [-0.25, -0.2) is 4.98 Å². The summed E-state index contributed by atoms with van der Waals surface area (Å²) in [6, 6.07) is 23.0. The van der Waals surface area contributed by atoms with Crippen LogP contribution in [0.25, 0.3) is 0 Å². The third-order valence-corrected chi connectivity index (χ3v) is 8.06. The molecule has 0 fully saturated rings. The normalized spacial score (nSPS) is 16.4. The first-order valence-electron chi connectivity index (χ1n) is 14.1. The van der Waals surface area contributed by atoms with E-state index in [1.807, 2.05) is 68.4 Å². The largest absolute Gasteiger partial charge is 0.493 e. The van der Waals surface area contributed by atoms with Gasteiger partial charge in [-0.1, -0.05) is 42.5 Å². The topological polar surface area (TPSA) is 92.2 Å². The van der Waals surface area contributed by atoms with E-state index in [1.165, 1.54) is 17.8 Å². The molecule has 2 aliphatic heterocycles. The van der Waals surface area contributed by atoms with Crippen LogP contribution in [0, 0.1) is 0 Å². The Morgan fingerprint density at radius 1 is 0.952 bits per heavy atom. The summed E-state index contributed by atoms with van der Waals surface area (Å²) in [5, 5.41) is 9.69. The molecule has 2 aliphatic rings. The number of ether oxygens (including phenoxy) is 2. The average Bonchev–Trinajstić information content (AvgIpc) is 3.43. The van der Waals surface area contributed by atoms with Crippen LogP contribution in [0.15, 0.2) is 79.0 Å². The van der Waals surface area contributed by atoms with Gasteiger partial charge in [0, 0.05) is 48.2 Å². The van der Waals surface area contributed by atoms with E-state index in [4.69, 9.17) is 9.47 Å². The van der Waals surface area contributed by atoms with Crippen LogP contribution in [0.4, 0.5) is 5.69 Å². The fraction of sp³-hybridized carbons (Fsp3) is 0.265. The summed E-state index contributed by atoms with van der Waals surface area (Å²) in [6.07, 6.45) is 3.22. The minimum absolute atomic E-state index is 0.0556. The number of benzene rings is 3. The number of carbonyl (C=O) groups excluding carboxylic acids is 2. The molecule has 8 nitrogen and oxygen atoms in total. The van der Waals surface area contributed by atoms with Crippen molar-refractivity contribution in [1.29, 1.82) is 0 Å². The van der Waals surface area contributed by atoms with E-state index < -0.39 is 0 Å². The highest BCUT2D eigenvalue weighted by molar-refractivity contribution is 6.11. The van der Waals surface area contributed by atoms with E-state index in [0.29, 0.717) is 35.7 Å². The number of carbonyl (C=O) groups is 2. The Balaban J connectivity index is 1.18. The maximum Gasteiger partial charge on any atom is 0.259 e. The Morgan fingerprint density at radius 2 is 1.76 bits per heavy atom. The number of rotatable bonds is 9. The lowest BCUT2D eigenvalue weighted by atomic mass is 10.0. The fourth-order valence-electron chi connectivity index (χ4n) is 5.83. The van der Waals surface area contributed by atoms with Gasteiger partial charge >= 0.3 is 0 Å². The Bertz CT molecular complexity index is 1650. The predicted molar refractivity (Wildman–Crippen MR) is 159 cm³/mol. The molecule has 2 atom stereocenters. The van der Waals surface area contributed by atoms with Gasteiger partial charge in [-0.15, -0.1) is 0 Å². The highest BCUT2D eigenvalue weighted by Gasteiger charge is 2.36. The third-order valence-electron chi connectivity index (χ3n) is 8.06. The van der Waals surface area contributed by atoms with E-state index in [2.05, 4.69) is 17.1 Å². The molecule has 0 spiro atoms. The number of hydrogen-bond acceptors (Lipinski definition) is 6. The smallest absolute Gasteiger partial charge is 0.259 e. The van der Waals surface area contributed by atoms with Gasteiger partial charge in [0.05, 0.1) is 24.8 Å². The fourth-order valence-corrected chi connectivity index (χ4v) is 5.83. The highest BCUT2D eigenvalue weighted by Crippen LogP contribution is 2.41. The molecule has 0 bridgehead atoms. The summed E-state index contributed by atoms with van der Waals surface area (Å²) in [5.74, 6) is 0.782. The Morgan fingerprint density at radius 3 is 2.55 bits per heavy atom. The van der Waals surface area contributed by atoms with Crippen molar-refractivity contribution in [2.24, 2.45) is 0 Å². The molecular weight excluding hydrogens is 530 g/mol. The zero-order chi connectivity index (χ0) is 29.4. The number of aryl methyl sites for hydroxylation is 1. The maximum atomic E-state index is 13.8. The molecule has 6 rings (SSSR count). The number of nitrogens with zero attached hydrogens (tertiary/aromatic N) is 3. The summed E-state index contributed by atoms with van der Waals surface area (Å²) in [6.45, 7) is 4.81. The summed E-state index contributed by atoms with van der Waals surface area (Å²) in [7, 11) is 1.61. The number of aromatic hydroxyl groups is 1. The maximum absolute atomic E-state index is 13.8. The van der Waals surface area contributed by atoms with Gasteiger partial charge in [0.1, 0.15) is 0 Å². The van der Waals surface area contributed by atoms with Crippen LogP contribution >= 0.6 is 0 Å². The number of hydrogen-bond donors (Lipinski definition) is 1. The summed E-state index contributed by atoms with van der Waals surface area (Å²) >= 11 is 0. The lowest BCUT2D eigenvalue weighted by Gasteiger charge is -2.24. The highest BCUT2D eigenvalue weighted by atomic mass is 16.5. The van der Waals surface area contributed by atoms with Gasteiger partial charge in [0.15, 0.2) is 11.5 Å². The molecule has 2 amide bonds. The number of methoxy groups -OCH3 is 1. The first-order chi connectivity index (χ1) is 20.3. The van der Waals surface area contributed by atoms with Crippen molar-refractivity contribution in [2.45, 2.75) is 51.9 Å². The van der Waals surface area contributed by atoms with Crippen molar-refractivity contribution in [1.82, 2.24) is 9.88 Å². The third kappa shape index (κ3) is 5.16. The van der Waals surface area contributed by atoms with Crippen molar-refractivity contribution in [2.75, 3.05) is 12.0 Å². The second-order valence-electron chi connectivity index (χ2n) is 10.9. The van der Waals surface area contributed by atoms with Crippen LogP contribution in [0.1, 0.15) is 69.3 Å². The summed E-state index contributed by atoms with van der Waals surface area (Å²) in [4.78, 5) is 34.0. The molecule has 0 saturated heterocycles. The van der Waals surface area contributed by atoms with Crippen LogP contribution in [0.5, 0.6) is 17.4 Å². The zero-order valence-electron chi connectivity index (χ0n) is 23.9. The first-order valence-corrected chi connectivity index (χ1v) is 14.1. The minimum atomic E-state index is -0.176. The number of fused-ring (bicyclic) bond motifs is 2. The van der Waals surface area contributed by atoms with E-state index in [0.717, 1.165) is 35.2 Å². The van der Waals surface area contributed by atoms with Gasteiger partial charge < -0.3 is 24.4 Å². The molecule has 0 saturated carbocycles. The summed E-state index contributed by atoms with van der Waals surface area (Å²) in [5.41, 5.74) is 5.65.